The van der Waals surface area contributed by atoms with Gasteiger partial charge in [0.05, 0.1) is 11.4 Å². The number of halogens is 1. The van der Waals surface area contributed by atoms with Gasteiger partial charge in [-0.15, -0.1) is 0 Å². The fourth-order valence-corrected chi connectivity index (χ4v) is 3.31. The second-order valence-corrected chi connectivity index (χ2v) is 6.70. The molecule has 28 heavy (non-hydrogen) atoms. The van der Waals surface area contributed by atoms with E-state index in [1.54, 1.807) is 23.0 Å². The quantitative estimate of drug-likeness (QED) is 0.572. The zero-order valence-electron chi connectivity index (χ0n) is 15.6. The van der Waals surface area contributed by atoms with E-state index >= 15 is 0 Å². The number of carbonyl (C=O) groups is 1. The number of hydrogen-bond donors (Lipinski definition) is 1. The summed E-state index contributed by atoms with van der Waals surface area (Å²) >= 11 is 0. The van der Waals surface area contributed by atoms with E-state index in [-0.39, 0.29) is 18.1 Å². The van der Waals surface area contributed by atoms with E-state index in [0.29, 0.717) is 5.65 Å². The highest BCUT2D eigenvalue weighted by Gasteiger charge is 2.16. The van der Waals surface area contributed by atoms with Gasteiger partial charge in [0, 0.05) is 11.6 Å². The minimum Gasteiger partial charge on any atom is -0.322 e. The van der Waals surface area contributed by atoms with E-state index in [4.69, 9.17) is 0 Å². The number of benzene rings is 2. The van der Waals surface area contributed by atoms with Crippen LogP contribution in [0.4, 0.5) is 10.1 Å². The van der Waals surface area contributed by atoms with Crippen LogP contribution in [0.15, 0.2) is 60.8 Å². The van der Waals surface area contributed by atoms with Crippen LogP contribution in [0.3, 0.4) is 0 Å². The van der Waals surface area contributed by atoms with Crippen LogP contribution in [0.2, 0.25) is 0 Å². The second kappa shape index (κ2) is 7.23. The van der Waals surface area contributed by atoms with Crippen molar-refractivity contribution in [3.8, 4) is 11.1 Å². The van der Waals surface area contributed by atoms with Crippen molar-refractivity contribution in [1.82, 2.24) is 14.8 Å². The maximum atomic E-state index is 13.9. The number of hydrogen-bond acceptors (Lipinski definition) is 3. The first kappa shape index (κ1) is 17.9. The summed E-state index contributed by atoms with van der Waals surface area (Å²) in [7, 11) is 0. The highest BCUT2D eigenvalue weighted by atomic mass is 19.1. The number of nitrogens with zero attached hydrogens (tertiary/aromatic N) is 3. The minimum absolute atomic E-state index is 0.0526. The molecule has 1 amide bonds. The summed E-state index contributed by atoms with van der Waals surface area (Å²) in [5.74, 6) is -0.828. The third-order valence-electron chi connectivity index (χ3n) is 4.58. The first-order chi connectivity index (χ1) is 13.5. The van der Waals surface area contributed by atoms with Gasteiger partial charge in [-0.1, -0.05) is 36.4 Å². The van der Waals surface area contributed by atoms with Crippen molar-refractivity contribution in [3.05, 3.63) is 77.9 Å². The predicted octanol–water partition coefficient (Wildman–Crippen LogP) is 4.49. The van der Waals surface area contributed by atoms with Gasteiger partial charge in [0.15, 0.2) is 5.65 Å². The average molecular weight is 374 g/mol. The summed E-state index contributed by atoms with van der Waals surface area (Å²) in [4.78, 5) is 16.9. The summed E-state index contributed by atoms with van der Waals surface area (Å²) in [5, 5.41) is 8.02. The van der Waals surface area contributed by atoms with E-state index in [9.17, 15) is 9.18 Å². The molecule has 0 aliphatic heterocycles. The number of aromatic nitrogens is 3. The largest absolute Gasteiger partial charge is 0.322 e. The number of amides is 1. The Labute approximate surface area is 161 Å². The maximum Gasteiger partial charge on any atom is 0.246 e. The standard InChI is InChI=1S/C22H19FN4O/c1-14-8-9-18(23)19(12-14)25-20(28)13-27-22-21(15(2)26-27)17(10-11-24-22)16-6-4-3-5-7-16/h3-12H,13H2,1-2H3,(H,25,28). The molecule has 6 heteroatoms. The number of anilines is 1. The Morgan fingerprint density at radius 1 is 1.11 bits per heavy atom. The average Bonchev–Trinajstić information content (AvgIpc) is 3.01. The molecule has 2 heterocycles. The van der Waals surface area contributed by atoms with Gasteiger partial charge < -0.3 is 5.32 Å². The third kappa shape index (κ3) is 3.36. The number of fused-ring (bicyclic) bond motifs is 1. The Morgan fingerprint density at radius 2 is 1.89 bits per heavy atom. The van der Waals surface area contributed by atoms with Crippen LogP contribution in [0.5, 0.6) is 0 Å². The molecule has 0 aliphatic carbocycles. The molecule has 0 radical (unpaired) electrons. The lowest BCUT2D eigenvalue weighted by Crippen LogP contribution is -2.20. The van der Waals surface area contributed by atoms with Gasteiger partial charge >= 0.3 is 0 Å². The van der Waals surface area contributed by atoms with Crippen molar-refractivity contribution in [3.63, 3.8) is 0 Å². The Morgan fingerprint density at radius 3 is 2.68 bits per heavy atom. The molecule has 0 bridgehead atoms. The molecule has 0 saturated carbocycles. The lowest BCUT2D eigenvalue weighted by atomic mass is 10.0. The first-order valence-corrected chi connectivity index (χ1v) is 8.96. The van der Waals surface area contributed by atoms with Gasteiger partial charge in [0.1, 0.15) is 12.4 Å². The number of nitrogens with one attached hydrogen (secondary N) is 1. The molecule has 2 aromatic heterocycles. The second-order valence-electron chi connectivity index (χ2n) is 6.70. The normalized spacial score (nSPS) is 11.0. The van der Waals surface area contributed by atoms with Crippen LogP contribution >= 0.6 is 0 Å². The highest BCUT2D eigenvalue weighted by molar-refractivity contribution is 5.96. The number of rotatable bonds is 4. The molecule has 0 unspecified atom stereocenters. The van der Waals surface area contributed by atoms with E-state index in [2.05, 4.69) is 15.4 Å². The molecule has 0 spiro atoms. The van der Waals surface area contributed by atoms with Crippen molar-refractivity contribution in [2.75, 3.05) is 5.32 Å². The summed E-state index contributed by atoms with van der Waals surface area (Å²) in [6.07, 6.45) is 1.71. The van der Waals surface area contributed by atoms with Crippen molar-refractivity contribution >= 4 is 22.6 Å². The van der Waals surface area contributed by atoms with Crippen molar-refractivity contribution in [1.29, 1.82) is 0 Å². The first-order valence-electron chi connectivity index (χ1n) is 8.96. The minimum atomic E-state index is -0.468. The summed E-state index contributed by atoms with van der Waals surface area (Å²) < 4.78 is 15.5. The van der Waals surface area contributed by atoms with E-state index < -0.39 is 5.82 Å². The van der Waals surface area contributed by atoms with Gasteiger partial charge in [0.25, 0.3) is 0 Å². The van der Waals surface area contributed by atoms with Gasteiger partial charge in [-0.05, 0) is 48.7 Å². The van der Waals surface area contributed by atoms with Crippen LogP contribution in [-0.2, 0) is 11.3 Å². The molecule has 140 valence electrons. The van der Waals surface area contributed by atoms with Gasteiger partial charge in [-0.2, -0.15) is 5.10 Å². The summed E-state index contributed by atoms with van der Waals surface area (Å²) in [5.41, 5.74) is 4.51. The van der Waals surface area contributed by atoms with Crippen molar-refractivity contribution < 1.29 is 9.18 Å². The molecule has 2 aromatic carbocycles. The van der Waals surface area contributed by atoms with Gasteiger partial charge in [-0.3, -0.25) is 4.79 Å². The number of pyridine rings is 1. The lowest BCUT2D eigenvalue weighted by molar-refractivity contribution is -0.116. The fraction of sp³-hybridized carbons (Fsp3) is 0.136. The molecule has 0 aliphatic rings. The topological polar surface area (TPSA) is 59.8 Å². The summed E-state index contributed by atoms with van der Waals surface area (Å²) in [6, 6.07) is 16.5. The lowest BCUT2D eigenvalue weighted by Gasteiger charge is -2.08. The molecule has 4 aromatic rings. The van der Waals surface area contributed by atoms with Crippen molar-refractivity contribution in [2.24, 2.45) is 0 Å². The monoisotopic (exact) mass is 374 g/mol. The van der Waals surface area contributed by atoms with Crippen LogP contribution in [0.25, 0.3) is 22.2 Å². The van der Waals surface area contributed by atoms with E-state index in [1.807, 2.05) is 50.2 Å². The highest BCUT2D eigenvalue weighted by Crippen LogP contribution is 2.29. The summed E-state index contributed by atoms with van der Waals surface area (Å²) in [6.45, 7) is 3.68. The smallest absolute Gasteiger partial charge is 0.246 e. The molecule has 1 N–H and O–H groups in total. The van der Waals surface area contributed by atoms with E-state index in [0.717, 1.165) is 27.8 Å². The van der Waals surface area contributed by atoms with Crippen LogP contribution < -0.4 is 5.32 Å². The van der Waals surface area contributed by atoms with Gasteiger partial charge in [0.2, 0.25) is 5.91 Å². The van der Waals surface area contributed by atoms with Crippen molar-refractivity contribution in [2.45, 2.75) is 20.4 Å². The Bertz CT molecular complexity index is 1170. The molecule has 0 saturated heterocycles. The fourth-order valence-electron chi connectivity index (χ4n) is 3.31. The number of carbonyl (C=O) groups excluding carboxylic acids is 1. The predicted molar refractivity (Wildman–Crippen MR) is 107 cm³/mol. The van der Waals surface area contributed by atoms with Crippen LogP contribution in [-0.4, -0.2) is 20.7 Å². The van der Waals surface area contributed by atoms with E-state index in [1.165, 1.54) is 6.07 Å². The third-order valence-corrected chi connectivity index (χ3v) is 4.58. The number of aryl methyl sites for hydroxylation is 2. The molecular formula is C22H19FN4O. The molecule has 0 fully saturated rings. The zero-order valence-corrected chi connectivity index (χ0v) is 15.6. The Kier molecular flexibility index (Phi) is 4.61. The van der Waals surface area contributed by atoms with Crippen LogP contribution in [0.1, 0.15) is 11.3 Å². The van der Waals surface area contributed by atoms with Gasteiger partial charge in [-0.25, -0.2) is 14.1 Å². The maximum absolute atomic E-state index is 13.9. The molecule has 0 atom stereocenters. The molecular weight excluding hydrogens is 355 g/mol. The Hall–Kier alpha value is -3.54. The molecule has 5 nitrogen and oxygen atoms in total. The van der Waals surface area contributed by atoms with Crippen LogP contribution in [0, 0.1) is 19.7 Å². The molecule has 4 rings (SSSR count). The zero-order chi connectivity index (χ0) is 19.7. The SMILES string of the molecule is Cc1ccc(F)c(NC(=O)Cn2nc(C)c3c(-c4ccccc4)ccnc32)c1. The Balaban J connectivity index is 1.67.